The summed E-state index contributed by atoms with van der Waals surface area (Å²) in [6, 6.07) is 8.32. The number of rotatable bonds is 3. The number of halogens is 5. The second-order valence-electron chi connectivity index (χ2n) is 5.00. The van der Waals surface area contributed by atoms with Crippen molar-refractivity contribution in [3.05, 3.63) is 63.9 Å². The van der Waals surface area contributed by atoms with Gasteiger partial charge in [0.1, 0.15) is 5.82 Å². The van der Waals surface area contributed by atoms with Crippen LogP contribution in [0.5, 0.6) is 0 Å². The largest absolute Gasteiger partial charge is 0.419 e. The van der Waals surface area contributed by atoms with Crippen LogP contribution in [0.4, 0.5) is 23.2 Å². The maximum absolute atomic E-state index is 13.9. The van der Waals surface area contributed by atoms with Gasteiger partial charge in [0.25, 0.3) is 0 Å². The quantitative estimate of drug-likeness (QED) is 0.562. The Kier molecular flexibility index (Phi) is 5.66. The first-order chi connectivity index (χ1) is 11.2. The van der Waals surface area contributed by atoms with Crippen LogP contribution in [0.25, 0.3) is 0 Å². The Hall–Kier alpha value is -1.86. The minimum atomic E-state index is -4.74. The highest BCUT2D eigenvalue weighted by molar-refractivity contribution is 7.80. The first-order valence-electron chi connectivity index (χ1n) is 6.84. The highest BCUT2D eigenvalue weighted by atomic mass is 35.5. The van der Waals surface area contributed by atoms with Gasteiger partial charge in [-0.15, -0.1) is 0 Å². The Bertz CT molecular complexity index is 762. The Morgan fingerprint density at radius 1 is 1.17 bits per heavy atom. The second kappa shape index (κ2) is 7.36. The van der Waals surface area contributed by atoms with E-state index >= 15 is 0 Å². The van der Waals surface area contributed by atoms with Gasteiger partial charge in [-0.3, -0.25) is 0 Å². The van der Waals surface area contributed by atoms with Crippen LogP contribution in [0.1, 0.15) is 16.7 Å². The molecular weight excluding hydrogens is 364 g/mol. The van der Waals surface area contributed by atoms with E-state index in [1.807, 2.05) is 0 Å². The number of hydrogen-bond acceptors (Lipinski definition) is 1. The van der Waals surface area contributed by atoms with Gasteiger partial charge in [-0.05, 0) is 42.9 Å². The van der Waals surface area contributed by atoms with E-state index in [2.05, 4.69) is 10.6 Å². The summed E-state index contributed by atoms with van der Waals surface area (Å²) >= 11 is 11.1. The van der Waals surface area contributed by atoms with E-state index in [1.54, 1.807) is 25.1 Å². The van der Waals surface area contributed by atoms with Crippen LogP contribution in [0.2, 0.25) is 5.02 Å². The summed E-state index contributed by atoms with van der Waals surface area (Å²) in [6.07, 6.45) is -4.74. The highest BCUT2D eigenvalue weighted by Crippen LogP contribution is 2.32. The van der Waals surface area contributed by atoms with Gasteiger partial charge in [0, 0.05) is 22.8 Å². The topological polar surface area (TPSA) is 24.1 Å². The molecule has 2 rings (SSSR count). The minimum absolute atomic E-state index is 0.128. The molecule has 0 bridgehead atoms. The van der Waals surface area contributed by atoms with Crippen LogP contribution in [-0.4, -0.2) is 5.11 Å². The first-order valence-corrected chi connectivity index (χ1v) is 7.63. The van der Waals surface area contributed by atoms with Gasteiger partial charge in [-0.25, -0.2) is 4.39 Å². The molecule has 0 aliphatic heterocycles. The molecule has 0 radical (unpaired) electrons. The van der Waals surface area contributed by atoms with Crippen molar-refractivity contribution < 1.29 is 17.6 Å². The molecule has 0 atom stereocenters. The van der Waals surface area contributed by atoms with Crippen LogP contribution in [0.3, 0.4) is 0 Å². The lowest BCUT2D eigenvalue weighted by molar-refractivity contribution is -0.140. The lowest BCUT2D eigenvalue weighted by Crippen LogP contribution is -2.28. The fourth-order valence-electron chi connectivity index (χ4n) is 2.02. The van der Waals surface area contributed by atoms with E-state index in [1.165, 1.54) is 6.07 Å². The smallest absolute Gasteiger partial charge is 0.358 e. The third-order valence-electron chi connectivity index (χ3n) is 3.34. The lowest BCUT2D eigenvalue weighted by atomic mass is 10.1. The third-order valence-corrected chi connectivity index (χ3v) is 4.00. The zero-order valence-corrected chi connectivity index (χ0v) is 14.0. The molecule has 128 valence electrons. The molecule has 2 aromatic carbocycles. The number of anilines is 1. The third kappa shape index (κ3) is 4.36. The Labute approximate surface area is 146 Å². The Morgan fingerprint density at radius 3 is 2.50 bits per heavy atom. The molecule has 0 saturated heterocycles. The standard InChI is InChI=1S/C16H13ClF4N2S/c1-9-12(17)6-3-7-13(9)23-15(24)22-8-10-4-2-5-11(14(10)18)16(19,20)21/h2-7H,8H2,1H3,(H2,22,23,24). The van der Waals surface area contributed by atoms with Crippen molar-refractivity contribution in [1.82, 2.24) is 5.32 Å². The molecular formula is C16H13ClF4N2S. The Balaban J connectivity index is 2.06. The van der Waals surface area contributed by atoms with E-state index in [9.17, 15) is 17.6 Å². The SMILES string of the molecule is Cc1c(Cl)cccc1NC(=S)NCc1cccc(C(F)(F)F)c1F. The molecule has 0 fully saturated rings. The number of nitrogens with one attached hydrogen (secondary N) is 2. The molecule has 0 aliphatic carbocycles. The summed E-state index contributed by atoms with van der Waals surface area (Å²) in [4.78, 5) is 0. The van der Waals surface area contributed by atoms with Gasteiger partial charge in [-0.1, -0.05) is 29.8 Å². The van der Waals surface area contributed by atoms with E-state index < -0.39 is 17.6 Å². The minimum Gasteiger partial charge on any atom is -0.358 e. The molecule has 0 saturated carbocycles. The van der Waals surface area contributed by atoms with Crippen LogP contribution in [0.15, 0.2) is 36.4 Å². The van der Waals surface area contributed by atoms with Crippen LogP contribution < -0.4 is 10.6 Å². The van der Waals surface area contributed by atoms with Crippen molar-refractivity contribution in [1.29, 1.82) is 0 Å². The fourth-order valence-corrected chi connectivity index (χ4v) is 2.38. The van der Waals surface area contributed by atoms with Crippen molar-refractivity contribution in [2.24, 2.45) is 0 Å². The molecule has 0 spiro atoms. The average Bonchev–Trinajstić information content (AvgIpc) is 2.49. The molecule has 2 nitrogen and oxygen atoms in total. The summed E-state index contributed by atoms with van der Waals surface area (Å²) in [5.41, 5.74) is 0.00114. The predicted octanol–water partition coefficient (Wildman–Crippen LogP) is 5.29. The number of benzene rings is 2. The second-order valence-corrected chi connectivity index (χ2v) is 5.81. The predicted molar refractivity (Wildman–Crippen MR) is 90.7 cm³/mol. The van der Waals surface area contributed by atoms with Gasteiger partial charge < -0.3 is 10.6 Å². The van der Waals surface area contributed by atoms with E-state index in [0.29, 0.717) is 16.8 Å². The van der Waals surface area contributed by atoms with Gasteiger partial charge in [0.2, 0.25) is 0 Å². The van der Waals surface area contributed by atoms with Gasteiger partial charge in [0.15, 0.2) is 5.11 Å². The van der Waals surface area contributed by atoms with Gasteiger partial charge in [-0.2, -0.15) is 13.2 Å². The van der Waals surface area contributed by atoms with Gasteiger partial charge in [0.05, 0.1) is 5.56 Å². The zero-order chi connectivity index (χ0) is 17.9. The average molecular weight is 377 g/mol. The molecule has 0 heterocycles. The normalized spacial score (nSPS) is 11.2. The lowest BCUT2D eigenvalue weighted by Gasteiger charge is -2.15. The number of alkyl halides is 3. The van der Waals surface area contributed by atoms with Crippen LogP contribution in [-0.2, 0) is 12.7 Å². The van der Waals surface area contributed by atoms with Crippen molar-refractivity contribution in [3.63, 3.8) is 0 Å². The summed E-state index contributed by atoms with van der Waals surface area (Å²) in [6.45, 7) is 1.61. The van der Waals surface area contributed by atoms with Crippen LogP contribution >= 0.6 is 23.8 Å². The van der Waals surface area contributed by atoms with E-state index in [-0.39, 0.29) is 17.2 Å². The number of hydrogen-bond donors (Lipinski definition) is 2. The fraction of sp³-hybridized carbons (Fsp3) is 0.188. The molecule has 0 amide bonds. The summed E-state index contributed by atoms with van der Waals surface area (Å²) in [5, 5.41) is 6.26. The monoisotopic (exact) mass is 376 g/mol. The summed E-state index contributed by atoms with van der Waals surface area (Å²) in [5.74, 6) is -1.31. The number of thiocarbonyl (C=S) groups is 1. The van der Waals surface area contributed by atoms with Crippen molar-refractivity contribution in [3.8, 4) is 0 Å². The maximum atomic E-state index is 13.9. The molecule has 2 N–H and O–H groups in total. The first kappa shape index (κ1) is 18.5. The molecule has 0 aromatic heterocycles. The summed E-state index contributed by atoms with van der Waals surface area (Å²) in [7, 11) is 0. The van der Waals surface area contributed by atoms with Crippen molar-refractivity contribution in [2.45, 2.75) is 19.6 Å². The molecule has 0 aliphatic rings. The summed E-state index contributed by atoms with van der Waals surface area (Å²) < 4.78 is 52.0. The molecule has 24 heavy (non-hydrogen) atoms. The van der Waals surface area contributed by atoms with E-state index in [4.69, 9.17) is 23.8 Å². The maximum Gasteiger partial charge on any atom is 0.419 e. The van der Waals surface area contributed by atoms with Crippen LogP contribution in [0, 0.1) is 12.7 Å². The van der Waals surface area contributed by atoms with E-state index in [0.717, 1.165) is 11.6 Å². The molecule has 8 heteroatoms. The highest BCUT2D eigenvalue weighted by Gasteiger charge is 2.34. The molecule has 0 unspecified atom stereocenters. The zero-order valence-electron chi connectivity index (χ0n) is 12.5. The van der Waals surface area contributed by atoms with Crippen molar-refractivity contribution in [2.75, 3.05) is 5.32 Å². The van der Waals surface area contributed by atoms with Crippen molar-refractivity contribution >= 4 is 34.6 Å². The van der Waals surface area contributed by atoms with Gasteiger partial charge >= 0.3 is 6.18 Å². The Morgan fingerprint density at radius 2 is 1.83 bits per heavy atom. The molecule has 2 aromatic rings.